The van der Waals surface area contributed by atoms with Gasteiger partial charge in [0.1, 0.15) is 0 Å². The molecule has 76 valence electrons. The number of alkyl halides is 1. The lowest BCUT2D eigenvalue weighted by molar-refractivity contribution is 0.183. The minimum Gasteiger partial charge on any atom is -0.300 e. The van der Waals surface area contributed by atoms with Crippen molar-refractivity contribution in [1.29, 1.82) is 0 Å². The summed E-state index contributed by atoms with van der Waals surface area (Å²) in [6.45, 7) is 2.70. The molecule has 2 atom stereocenters. The van der Waals surface area contributed by atoms with Crippen LogP contribution >= 0.6 is 15.9 Å². The summed E-state index contributed by atoms with van der Waals surface area (Å²) in [4.78, 5) is 2.74. The van der Waals surface area contributed by atoms with Gasteiger partial charge in [0.05, 0.1) is 0 Å². The number of rotatable bonds is 3. The van der Waals surface area contributed by atoms with E-state index < -0.39 is 0 Å². The van der Waals surface area contributed by atoms with Crippen molar-refractivity contribution in [3.63, 3.8) is 0 Å². The van der Waals surface area contributed by atoms with E-state index in [0.29, 0.717) is 0 Å². The second-order valence-corrected chi connectivity index (χ2v) is 5.27. The van der Waals surface area contributed by atoms with Crippen LogP contribution in [0.3, 0.4) is 0 Å². The molecule has 1 heterocycles. The van der Waals surface area contributed by atoms with Crippen LogP contribution in [0.1, 0.15) is 38.5 Å². The summed E-state index contributed by atoms with van der Waals surface area (Å²) in [5, 5.41) is 1.17. The Labute approximate surface area is 90.0 Å². The topological polar surface area (TPSA) is 3.24 Å². The van der Waals surface area contributed by atoms with Crippen molar-refractivity contribution in [2.24, 2.45) is 5.92 Å². The highest BCUT2D eigenvalue weighted by Gasteiger charge is 2.34. The molecular weight excluding hydrogens is 226 g/mol. The van der Waals surface area contributed by atoms with E-state index in [1.807, 2.05) is 0 Å². The van der Waals surface area contributed by atoms with Gasteiger partial charge >= 0.3 is 0 Å². The minimum absolute atomic E-state index is 0.966. The molecule has 1 saturated carbocycles. The highest BCUT2D eigenvalue weighted by atomic mass is 79.9. The molecule has 1 saturated heterocycles. The van der Waals surface area contributed by atoms with E-state index >= 15 is 0 Å². The molecule has 0 radical (unpaired) electrons. The standard InChI is InChI=1S/C11H20BrN/c12-7-3-8-13-9-6-10-4-1-2-5-11(10)13/h10-11H,1-9H2. The maximum absolute atomic E-state index is 3.52. The van der Waals surface area contributed by atoms with Crippen molar-refractivity contribution in [2.75, 3.05) is 18.4 Å². The Hall–Kier alpha value is 0.440. The van der Waals surface area contributed by atoms with Gasteiger partial charge < -0.3 is 4.90 Å². The first kappa shape index (κ1) is 9.97. The third-order valence-corrected chi connectivity index (χ3v) is 4.26. The number of nitrogens with zero attached hydrogens (tertiary/aromatic N) is 1. The molecule has 2 fully saturated rings. The van der Waals surface area contributed by atoms with E-state index in [2.05, 4.69) is 20.8 Å². The molecular formula is C11H20BrN. The van der Waals surface area contributed by atoms with Gasteiger partial charge in [-0.1, -0.05) is 28.8 Å². The summed E-state index contributed by atoms with van der Waals surface area (Å²) < 4.78 is 0. The maximum Gasteiger partial charge on any atom is 0.0124 e. The molecule has 2 heteroatoms. The molecule has 0 aromatic heterocycles. The molecule has 1 aliphatic heterocycles. The fourth-order valence-electron chi connectivity index (χ4n) is 3.04. The van der Waals surface area contributed by atoms with Gasteiger partial charge in [0, 0.05) is 11.4 Å². The van der Waals surface area contributed by atoms with Crippen molar-refractivity contribution in [3.05, 3.63) is 0 Å². The van der Waals surface area contributed by atoms with E-state index in [1.165, 1.54) is 56.9 Å². The van der Waals surface area contributed by atoms with Crippen molar-refractivity contribution in [3.8, 4) is 0 Å². The summed E-state index contributed by atoms with van der Waals surface area (Å²) in [5.74, 6) is 1.06. The molecule has 0 amide bonds. The molecule has 0 N–H and O–H groups in total. The Bertz CT molecular complexity index is 160. The van der Waals surface area contributed by atoms with Crippen molar-refractivity contribution >= 4 is 15.9 Å². The van der Waals surface area contributed by atoms with Crippen molar-refractivity contribution in [2.45, 2.75) is 44.6 Å². The zero-order chi connectivity index (χ0) is 9.10. The van der Waals surface area contributed by atoms with Gasteiger partial charge in [-0.2, -0.15) is 0 Å². The lowest BCUT2D eigenvalue weighted by Gasteiger charge is -2.31. The fraction of sp³-hybridized carbons (Fsp3) is 1.00. The van der Waals surface area contributed by atoms with E-state index in [4.69, 9.17) is 0 Å². The Balaban J connectivity index is 1.84. The van der Waals surface area contributed by atoms with Crippen LogP contribution in [-0.4, -0.2) is 29.4 Å². The summed E-state index contributed by atoms with van der Waals surface area (Å²) in [5.41, 5.74) is 0. The van der Waals surface area contributed by atoms with Crippen LogP contribution in [0.5, 0.6) is 0 Å². The van der Waals surface area contributed by atoms with E-state index in [1.54, 1.807) is 0 Å². The summed E-state index contributed by atoms with van der Waals surface area (Å²) >= 11 is 3.52. The molecule has 1 aliphatic carbocycles. The monoisotopic (exact) mass is 245 g/mol. The lowest BCUT2D eigenvalue weighted by atomic mass is 9.85. The molecule has 1 nitrogen and oxygen atoms in total. The summed E-state index contributed by atoms with van der Waals surface area (Å²) in [6.07, 6.45) is 8.76. The van der Waals surface area contributed by atoms with Gasteiger partial charge in [-0.3, -0.25) is 0 Å². The van der Waals surface area contributed by atoms with Crippen molar-refractivity contribution < 1.29 is 0 Å². The van der Waals surface area contributed by atoms with Crippen LogP contribution in [0.4, 0.5) is 0 Å². The predicted octanol–water partition coefficient (Wildman–Crippen LogP) is 3.04. The molecule has 13 heavy (non-hydrogen) atoms. The van der Waals surface area contributed by atoms with E-state index in [-0.39, 0.29) is 0 Å². The molecule has 0 bridgehead atoms. The Morgan fingerprint density at radius 1 is 1.15 bits per heavy atom. The van der Waals surface area contributed by atoms with Crippen LogP contribution in [0.15, 0.2) is 0 Å². The Morgan fingerprint density at radius 2 is 2.00 bits per heavy atom. The van der Waals surface area contributed by atoms with Crippen LogP contribution in [0.2, 0.25) is 0 Å². The SMILES string of the molecule is BrCCCN1CCC2CCCCC21. The highest BCUT2D eigenvalue weighted by molar-refractivity contribution is 9.09. The van der Waals surface area contributed by atoms with Gasteiger partial charge in [-0.15, -0.1) is 0 Å². The smallest absolute Gasteiger partial charge is 0.0124 e. The van der Waals surface area contributed by atoms with Crippen LogP contribution in [0, 0.1) is 5.92 Å². The predicted molar refractivity (Wildman–Crippen MR) is 60.3 cm³/mol. The first-order valence-corrected chi connectivity index (χ1v) is 6.84. The zero-order valence-corrected chi connectivity index (χ0v) is 9.93. The molecule has 2 unspecified atom stereocenters. The fourth-order valence-corrected chi connectivity index (χ4v) is 3.29. The number of hydrogen-bond acceptors (Lipinski definition) is 1. The third kappa shape index (κ3) is 2.27. The molecule has 2 aliphatic rings. The number of fused-ring (bicyclic) bond motifs is 1. The highest BCUT2D eigenvalue weighted by Crippen LogP contribution is 2.35. The van der Waals surface area contributed by atoms with Crippen LogP contribution in [-0.2, 0) is 0 Å². The van der Waals surface area contributed by atoms with Gasteiger partial charge in [-0.25, -0.2) is 0 Å². The van der Waals surface area contributed by atoms with Crippen LogP contribution < -0.4 is 0 Å². The number of halogens is 1. The first-order valence-electron chi connectivity index (χ1n) is 5.72. The number of hydrogen-bond donors (Lipinski definition) is 0. The Morgan fingerprint density at radius 3 is 2.85 bits per heavy atom. The maximum atomic E-state index is 3.52. The normalized spacial score (nSPS) is 34.8. The largest absolute Gasteiger partial charge is 0.300 e. The first-order chi connectivity index (χ1) is 6.42. The Kier molecular flexibility index (Phi) is 3.67. The average Bonchev–Trinajstić information content (AvgIpc) is 2.58. The van der Waals surface area contributed by atoms with Gasteiger partial charge in [0.15, 0.2) is 0 Å². The van der Waals surface area contributed by atoms with Gasteiger partial charge in [0.25, 0.3) is 0 Å². The summed E-state index contributed by atoms with van der Waals surface area (Å²) in [6, 6.07) is 0.966. The second-order valence-electron chi connectivity index (χ2n) is 4.48. The lowest BCUT2D eigenvalue weighted by Crippen LogP contribution is -2.35. The third-order valence-electron chi connectivity index (χ3n) is 3.70. The zero-order valence-electron chi connectivity index (χ0n) is 8.34. The molecule has 0 aromatic rings. The number of likely N-dealkylation sites (tertiary alicyclic amines) is 1. The van der Waals surface area contributed by atoms with Crippen molar-refractivity contribution in [1.82, 2.24) is 4.90 Å². The quantitative estimate of drug-likeness (QED) is 0.692. The molecule has 0 spiro atoms. The minimum atomic E-state index is 0.966. The van der Waals surface area contributed by atoms with Gasteiger partial charge in [0.2, 0.25) is 0 Å². The van der Waals surface area contributed by atoms with Gasteiger partial charge in [-0.05, 0) is 44.7 Å². The van der Waals surface area contributed by atoms with Crippen LogP contribution in [0.25, 0.3) is 0 Å². The second kappa shape index (κ2) is 4.79. The summed E-state index contributed by atoms with van der Waals surface area (Å²) in [7, 11) is 0. The molecule has 0 aromatic carbocycles. The molecule has 2 rings (SSSR count). The van der Waals surface area contributed by atoms with E-state index in [9.17, 15) is 0 Å². The van der Waals surface area contributed by atoms with E-state index in [0.717, 1.165) is 12.0 Å². The average molecular weight is 246 g/mol.